The SMILES string of the molecule is Fc1ccc(OCC2CC2)cn1. The zero-order valence-electron chi connectivity index (χ0n) is 6.66. The lowest BCUT2D eigenvalue weighted by Crippen LogP contribution is -1.99. The Morgan fingerprint density at radius 1 is 1.50 bits per heavy atom. The smallest absolute Gasteiger partial charge is 0.213 e. The molecule has 0 amide bonds. The zero-order valence-corrected chi connectivity index (χ0v) is 6.66. The van der Waals surface area contributed by atoms with Crippen LogP contribution in [-0.2, 0) is 0 Å². The predicted molar refractivity (Wildman–Crippen MR) is 42.4 cm³/mol. The fourth-order valence-electron chi connectivity index (χ4n) is 0.946. The molecule has 0 aliphatic heterocycles. The molecule has 3 heteroatoms. The molecule has 1 aliphatic carbocycles. The van der Waals surface area contributed by atoms with Gasteiger partial charge in [0.1, 0.15) is 5.75 Å². The lowest BCUT2D eigenvalue weighted by Gasteiger charge is -2.02. The number of aromatic nitrogens is 1. The summed E-state index contributed by atoms with van der Waals surface area (Å²) >= 11 is 0. The van der Waals surface area contributed by atoms with Gasteiger partial charge in [0.15, 0.2) is 0 Å². The van der Waals surface area contributed by atoms with Gasteiger partial charge in [0.2, 0.25) is 5.95 Å². The van der Waals surface area contributed by atoms with Crippen LogP contribution in [0.4, 0.5) is 4.39 Å². The minimum atomic E-state index is -0.464. The maximum atomic E-state index is 12.3. The Morgan fingerprint density at radius 2 is 2.33 bits per heavy atom. The summed E-state index contributed by atoms with van der Waals surface area (Å²) in [4.78, 5) is 3.49. The van der Waals surface area contributed by atoms with E-state index in [0.717, 1.165) is 12.5 Å². The third-order valence-corrected chi connectivity index (χ3v) is 1.88. The highest BCUT2D eigenvalue weighted by molar-refractivity contribution is 5.16. The third kappa shape index (κ3) is 1.94. The highest BCUT2D eigenvalue weighted by Crippen LogP contribution is 2.29. The number of rotatable bonds is 3. The molecule has 0 N–H and O–H groups in total. The fraction of sp³-hybridized carbons (Fsp3) is 0.444. The predicted octanol–water partition coefficient (Wildman–Crippen LogP) is 2.01. The van der Waals surface area contributed by atoms with E-state index in [2.05, 4.69) is 4.98 Å². The van der Waals surface area contributed by atoms with Crippen molar-refractivity contribution in [3.8, 4) is 5.75 Å². The molecule has 2 nitrogen and oxygen atoms in total. The molecule has 1 heterocycles. The van der Waals surface area contributed by atoms with Crippen molar-refractivity contribution in [1.82, 2.24) is 4.98 Å². The highest BCUT2D eigenvalue weighted by atomic mass is 19.1. The molecular formula is C9H10FNO. The molecule has 1 fully saturated rings. The van der Waals surface area contributed by atoms with Gasteiger partial charge in [-0.3, -0.25) is 0 Å². The van der Waals surface area contributed by atoms with Gasteiger partial charge in [0, 0.05) is 0 Å². The second kappa shape index (κ2) is 3.09. The third-order valence-electron chi connectivity index (χ3n) is 1.88. The standard InChI is InChI=1S/C9H10FNO/c10-9-4-3-8(5-11-9)12-6-7-1-2-7/h3-5,7H,1-2,6H2. The minimum absolute atomic E-state index is 0.464. The van der Waals surface area contributed by atoms with Crippen LogP contribution in [0.2, 0.25) is 0 Å². The van der Waals surface area contributed by atoms with E-state index in [1.165, 1.54) is 25.1 Å². The molecular weight excluding hydrogens is 157 g/mol. The normalized spacial score (nSPS) is 16.1. The first-order valence-corrected chi connectivity index (χ1v) is 4.09. The summed E-state index contributed by atoms with van der Waals surface area (Å²) in [7, 11) is 0. The molecule has 0 spiro atoms. The van der Waals surface area contributed by atoms with Crippen LogP contribution in [0.25, 0.3) is 0 Å². The van der Waals surface area contributed by atoms with Crippen molar-refractivity contribution in [2.45, 2.75) is 12.8 Å². The number of ether oxygens (including phenoxy) is 1. The van der Waals surface area contributed by atoms with Gasteiger partial charge in [0.25, 0.3) is 0 Å². The average molecular weight is 167 g/mol. The van der Waals surface area contributed by atoms with Crippen LogP contribution in [0.15, 0.2) is 18.3 Å². The van der Waals surface area contributed by atoms with Crippen molar-refractivity contribution >= 4 is 0 Å². The Hall–Kier alpha value is -1.12. The maximum Gasteiger partial charge on any atom is 0.213 e. The molecule has 64 valence electrons. The van der Waals surface area contributed by atoms with Gasteiger partial charge >= 0.3 is 0 Å². The van der Waals surface area contributed by atoms with Crippen LogP contribution in [0.1, 0.15) is 12.8 Å². The summed E-state index contributed by atoms with van der Waals surface area (Å²) in [6.07, 6.45) is 3.93. The second-order valence-electron chi connectivity index (χ2n) is 3.07. The lowest BCUT2D eigenvalue weighted by atomic mass is 10.4. The number of hydrogen-bond acceptors (Lipinski definition) is 2. The molecule has 2 rings (SSSR count). The quantitative estimate of drug-likeness (QED) is 0.642. The topological polar surface area (TPSA) is 22.1 Å². The molecule has 12 heavy (non-hydrogen) atoms. The Balaban J connectivity index is 1.89. The van der Waals surface area contributed by atoms with Crippen molar-refractivity contribution in [3.63, 3.8) is 0 Å². The molecule has 1 saturated carbocycles. The largest absolute Gasteiger partial charge is 0.492 e. The first kappa shape index (κ1) is 7.53. The van der Waals surface area contributed by atoms with Crippen LogP contribution in [-0.4, -0.2) is 11.6 Å². The molecule has 0 atom stereocenters. The molecule has 1 aromatic heterocycles. The molecule has 0 aromatic carbocycles. The van der Waals surface area contributed by atoms with Gasteiger partial charge in [0.05, 0.1) is 12.8 Å². The van der Waals surface area contributed by atoms with Gasteiger partial charge in [-0.05, 0) is 30.9 Å². The van der Waals surface area contributed by atoms with Crippen molar-refractivity contribution in [3.05, 3.63) is 24.3 Å². The van der Waals surface area contributed by atoms with Gasteiger partial charge in [-0.1, -0.05) is 0 Å². The Morgan fingerprint density at radius 3 is 2.92 bits per heavy atom. The van der Waals surface area contributed by atoms with E-state index in [1.54, 1.807) is 6.07 Å². The van der Waals surface area contributed by atoms with E-state index < -0.39 is 5.95 Å². The summed E-state index contributed by atoms with van der Waals surface area (Å²) in [5.41, 5.74) is 0. The molecule has 0 bridgehead atoms. The number of nitrogens with zero attached hydrogens (tertiary/aromatic N) is 1. The summed E-state index contributed by atoms with van der Waals surface area (Å²) in [5.74, 6) is 0.909. The number of pyridine rings is 1. The summed E-state index contributed by atoms with van der Waals surface area (Å²) < 4.78 is 17.7. The van der Waals surface area contributed by atoms with Crippen LogP contribution in [0.5, 0.6) is 5.75 Å². The summed E-state index contributed by atoms with van der Waals surface area (Å²) in [5, 5.41) is 0. The fourth-order valence-corrected chi connectivity index (χ4v) is 0.946. The first-order chi connectivity index (χ1) is 5.84. The van der Waals surface area contributed by atoms with Crippen LogP contribution in [0, 0.1) is 11.9 Å². The van der Waals surface area contributed by atoms with Gasteiger partial charge in [-0.2, -0.15) is 4.39 Å². The highest BCUT2D eigenvalue weighted by Gasteiger charge is 2.21. The van der Waals surface area contributed by atoms with E-state index >= 15 is 0 Å². The van der Waals surface area contributed by atoms with Crippen molar-refractivity contribution in [1.29, 1.82) is 0 Å². The monoisotopic (exact) mass is 167 g/mol. The summed E-state index contributed by atoms with van der Waals surface area (Å²) in [6.45, 7) is 0.743. The molecule has 1 aliphatic rings. The minimum Gasteiger partial charge on any atom is -0.492 e. The van der Waals surface area contributed by atoms with Gasteiger partial charge in [-0.25, -0.2) is 4.98 Å². The number of halogens is 1. The lowest BCUT2D eigenvalue weighted by molar-refractivity contribution is 0.297. The Labute approximate surface area is 70.4 Å². The van der Waals surface area contributed by atoms with Gasteiger partial charge in [-0.15, -0.1) is 0 Å². The molecule has 0 unspecified atom stereocenters. The van der Waals surface area contributed by atoms with Crippen LogP contribution < -0.4 is 4.74 Å². The summed E-state index contributed by atoms with van der Waals surface area (Å²) in [6, 6.07) is 2.91. The average Bonchev–Trinajstić information content (AvgIpc) is 2.87. The number of hydrogen-bond donors (Lipinski definition) is 0. The van der Waals surface area contributed by atoms with Crippen molar-refractivity contribution < 1.29 is 9.13 Å². The first-order valence-electron chi connectivity index (χ1n) is 4.09. The van der Waals surface area contributed by atoms with E-state index in [4.69, 9.17) is 4.74 Å². The van der Waals surface area contributed by atoms with E-state index in [0.29, 0.717) is 5.75 Å². The van der Waals surface area contributed by atoms with Crippen molar-refractivity contribution in [2.75, 3.05) is 6.61 Å². The zero-order chi connectivity index (χ0) is 8.39. The van der Waals surface area contributed by atoms with E-state index in [9.17, 15) is 4.39 Å². The van der Waals surface area contributed by atoms with Crippen LogP contribution in [0.3, 0.4) is 0 Å². The Bertz CT molecular complexity index is 256. The van der Waals surface area contributed by atoms with E-state index in [-0.39, 0.29) is 0 Å². The van der Waals surface area contributed by atoms with Gasteiger partial charge < -0.3 is 4.74 Å². The maximum absolute atomic E-state index is 12.3. The van der Waals surface area contributed by atoms with E-state index in [1.807, 2.05) is 0 Å². The van der Waals surface area contributed by atoms with Crippen molar-refractivity contribution in [2.24, 2.45) is 5.92 Å². The second-order valence-corrected chi connectivity index (χ2v) is 3.07. The Kier molecular flexibility index (Phi) is 1.94. The van der Waals surface area contributed by atoms with Crippen LogP contribution >= 0.6 is 0 Å². The molecule has 0 saturated heterocycles. The molecule has 0 radical (unpaired) electrons. The molecule has 1 aromatic rings.